The summed E-state index contributed by atoms with van der Waals surface area (Å²) in [5.41, 5.74) is 5.53. The van der Waals surface area contributed by atoms with Gasteiger partial charge in [0.15, 0.2) is 6.10 Å². The van der Waals surface area contributed by atoms with Crippen LogP contribution in [-0.2, 0) is 50.9 Å². The number of aliphatic hydroxyl groups excluding tert-OH is 3. The van der Waals surface area contributed by atoms with E-state index in [0.29, 0.717) is 12.8 Å². The Bertz CT molecular complexity index is 1350. The van der Waals surface area contributed by atoms with Crippen LogP contribution in [0.25, 0.3) is 0 Å². The summed E-state index contributed by atoms with van der Waals surface area (Å²) >= 11 is 0. The van der Waals surface area contributed by atoms with E-state index in [1.165, 1.54) is 77.0 Å². The van der Waals surface area contributed by atoms with Crippen LogP contribution in [0.5, 0.6) is 0 Å². The minimum Gasteiger partial charge on any atom is -0.462 e. The van der Waals surface area contributed by atoms with Crippen molar-refractivity contribution in [1.82, 2.24) is 0 Å². The number of unbranched alkanes of at least 4 members (excludes halogenated alkanes) is 23. The molecular formula is C40H80NO19P3. The van der Waals surface area contributed by atoms with Gasteiger partial charge in [-0.15, -0.1) is 0 Å². The molecule has 0 radical (unpaired) electrons. The van der Waals surface area contributed by atoms with Crippen LogP contribution in [0.2, 0.25) is 0 Å². The van der Waals surface area contributed by atoms with E-state index in [1.54, 1.807) is 0 Å². The molecule has 0 aromatic heterocycles. The lowest BCUT2D eigenvalue weighted by atomic mass is 9.85. The summed E-state index contributed by atoms with van der Waals surface area (Å²) < 4.78 is 65.4. The second kappa shape index (κ2) is 34.4. The van der Waals surface area contributed by atoms with Crippen molar-refractivity contribution in [1.29, 1.82) is 0 Å². The Kier molecular flexibility index (Phi) is 32.8. The number of rotatable bonds is 40. The summed E-state index contributed by atoms with van der Waals surface area (Å²) in [5.74, 6) is -1.30. The van der Waals surface area contributed by atoms with Crippen molar-refractivity contribution < 1.29 is 90.6 Å². The summed E-state index contributed by atoms with van der Waals surface area (Å²) in [6.07, 6.45) is 10.8. The molecule has 4 unspecified atom stereocenters. The van der Waals surface area contributed by atoms with Gasteiger partial charge in [0.05, 0.1) is 6.61 Å². The van der Waals surface area contributed by atoms with Crippen molar-refractivity contribution >= 4 is 35.4 Å². The van der Waals surface area contributed by atoms with Crippen LogP contribution in [0.4, 0.5) is 0 Å². The quantitative estimate of drug-likeness (QED) is 0.0179. The molecule has 0 aliphatic heterocycles. The third-order valence-corrected chi connectivity index (χ3v) is 12.8. The molecule has 20 nitrogen and oxygen atoms in total. The summed E-state index contributed by atoms with van der Waals surface area (Å²) in [5, 5.41) is 31.8. The number of nitrogens with two attached hydrogens (primary N) is 1. The number of carbonyl (C=O) groups excluding carboxylic acids is 2. The van der Waals surface area contributed by atoms with E-state index in [-0.39, 0.29) is 12.8 Å². The SMILES string of the molecule is CCCCCCCCCCCCCCCC(=O)O[C@H](COC(=O)CCCCCCCCCCCCCCN)COP(=O)(O)OC1C(O)[C@H](O)C(OP(=O)(O)O)[C@H](OP(=O)(O)O)[C@@H]1O. The molecule has 10 N–H and O–H groups in total. The maximum Gasteiger partial charge on any atom is 0.472 e. The van der Waals surface area contributed by atoms with E-state index in [4.69, 9.17) is 24.3 Å². The largest absolute Gasteiger partial charge is 0.472 e. The molecular weight excluding hydrogens is 891 g/mol. The molecule has 23 heteroatoms. The van der Waals surface area contributed by atoms with Gasteiger partial charge >= 0.3 is 35.4 Å². The average molecular weight is 972 g/mol. The molecule has 0 spiro atoms. The van der Waals surface area contributed by atoms with E-state index in [1.807, 2.05) is 0 Å². The Balaban J connectivity index is 2.74. The smallest absolute Gasteiger partial charge is 0.462 e. The monoisotopic (exact) mass is 971 g/mol. The van der Waals surface area contributed by atoms with Crippen molar-refractivity contribution in [2.24, 2.45) is 5.73 Å². The average Bonchev–Trinajstić information content (AvgIpc) is 3.20. The van der Waals surface area contributed by atoms with Crippen LogP contribution in [0.15, 0.2) is 0 Å². The number of hydrogen-bond donors (Lipinski definition) is 9. The maximum atomic E-state index is 13.1. The van der Waals surface area contributed by atoms with E-state index in [9.17, 15) is 63.1 Å². The Hall–Kier alpha value is -0.890. The number of ether oxygens (including phenoxy) is 2. The van der Waals surface area contributed by atoms with Gasteiger partial charge in [-0.2, -0.15) is 0 Å². The highest BCUT2D eigenvalue weighted by Crippen LogP contribution is 2.51. The second-order valence-electron chi connectivity index (χ2n) is 16.5. The topological polar surface area (TPSA) is 329 Å². The fourth-order valence-corrected chi connectivity index (χ4v) is 9.40. The Labute approximate surface area is 373 Å². The van der Waals surface area contributed by atoms with Crippen molar-refractivity contribution in [3.63, 3.8) is 0 Å². The molecule has 374 valence electrons. The summed E-state index contributed by atoms with van der Waals surface area (Å²) in [7, 11) is -16.6. The van der Waals surface area contributed by atoms with Crippen LogP contribution in [0.3, 0.4) is 0 Å². The first-order chi connectivity index (χ1) is 29.8. The first-order valence-corrected chi connectivity index (χ1v) is 27.6. The Morgan fingerprint density at radius 1 is 0.492 bits per heavy atom. The van der Waals surface area contributed by atoms with Gasteiger partial charge in [0.25, 0.3) is 0 Å². The summed E-state index contributed by atoms with van der Waals surface area (Å²) in [4.78, 5) is 73.0. The molecule has 1 fully saturated rings. The zero-order chi connectivity index (χ0) is 47.2. The van der Waals surface area contributed by atoms with Gasteiger partial charge in [0, 0.05) is 12.8 Å². The van der Waals surface area contributed by atoms with Crippen molar-refractivity contribution in [2.45, 2.75) is 223 Å². The molecule has 63 heavy (non-hydrogen) atoms. The Morgan fingerprint density at radius 2 is 0.857 bits per heavy atom. The minimum atomic E-state index is -5.60. The first kappa shape index (κ1) is 60.1. The van der Waals surface area contributed by atoms with Gasteiger partial charge < -0.3 is 55.0 Å². The van der Waals surface area contributed by atoms with Crippen LogP contribution in [0.1, 0.15) is 180 Å². The fraction of sp³-hybridized carbons (Fsp3) is 0.950. The highest BCUT2D eigenvalue weighted by molar-refractivity contribution is 7.47. The third kappa shape index (κ3) is 30.9. The van der Waals surface area contributed by atoms with Crippen LogP contribution in [-0.4, -0.2) is 114 Å². The number of carbonyl (C=O) groups is 2. The molecule has 0 aromatic rings. The highest BCUT2D eigenvalue weighted by Gasteiger charge is 2.56. The highest BCUT2D eigenvalue weighted by atomic mass is 31.2. The lowest BCUT2D eigenvalue weighted by Crippen LogP contribution is -2.65. The normalized spacial score (nSPS) is 22.1. The second-order valence-corrected chi connectivity index (χ2v) is 20.3. The molecule has 0 heterocycles. The van der Waals surface area contributed by atoms with Crippen molar-refractivity contribution in [2.75, 3.05) is 19.8 Å². The lowest BCUT2D eigenvalue weighted by molar-refractivity contribution is -0.213. The van der Waals surface area contributed by atoms with Gasteiger partial charge in [-0.1, -0.05) is 148 Å². The van der Waals surface area contributed by atoms with Gasteiger partial charge in [0.2, 0.25) is 0 Å². The molecule has 1 aliphatic carbocycles. The number of phosphoric ester groups is 3. The van der Waals surface area contributed by atoms with Gasteiger partial charge in [0.1, 0.15) is 43.2 Å². The predicted octanol–water partition coefficient (Wildman–Crippen LogP) is 6.51. The van der Waals surface area contributed by atoms with Gasteiger partial charge in [-0.3, -0.25) is 27.7 Å². The van der Waals surface area contributed by atoms with Crippen molar-refractivity contribution in [3.8, 4) is 0 Å². The number of esters is 2. The molecule has 0 aromatic carbocycles. The summed E-state index contributed by atoms with van der Waals surface area (Å²) in [6.45, 7) is 1.46. The summed E-state index contributed by atoms with van der Waals surface area (Å²) in [6, 6.07) is 0. The van der Waals surface area contributed by atoms with Crippen molar-refractivity contribution in [3.05, 3.63) is 0 Å². The molecule has 1 rings (SSSR count). The van der Waals surface area contributed by atoms with E-state index in [0.717, 1.165) is 77.2 Å². The van der Waals surface area contributed by atoms with E-state index >= 15 is 0 Å². The zero-order valence-corrected chi connectivity index (χ0v) is 39.9. The lowest BCUT2D eigenvalue weighted by Gasteiger charge is -2.44. The minimum absolute atomic E-state index is 0.00143. The molecule has 0 bridgehead atoms. The molecule has 0 amide bonds. The van der Waals surface area contributed by atoms with Crippen LogP contribution < -0.4 is 5.73 Å². The van der Waals surface area contributed by atoms with Crippen LogP contribution in [0, 0.1) is 0 Å². The molecule has 1 aliphatic rings. The molecule has 1 saturated carbocycles. The Morgan fingerprint density at radius 3 is 1.27 bits per heavy atom. The van der Waals surface area contributed by atoms with Gasteiger partial charge in [-0.25, -0.2) is 13.7 Å². The molecule has 0 saturated heterocycles. The third-order valence-electron chi connectivity index (χ3n) is 10.8. The number of aliphatic hydroxyl groups is 3. The van der Waals surface area contributed by atoms with Gasteiger partial charge in [-0.05, 0) is 25.8 Å². The molecule has 8 atom stereocenters. The maximum absolute atomic E-state index is 13.1. The van der Waals surface area contributed by atoms with E-state index < -0.39 is 91.3 Å². The predicted molar refractivity (Wildman–Crippen MR) is 233 cm³/mol. The van der Waals surface area contributed by atoms with Crippen LogP contribution >= 0.6 is 23.5 Å². The number of phosphoric acid groups is 3. The fourth-order valence-electron chi connectivity index (χ4n) is 7.30. The van der Waals surface area contributed by atoms with E-state index in [2.05, 4.69) is 16.0 Å². The zero-order valence-electron chi connectivity index (χ0n) is 37.2. The first-order valence-electron chi connectivity index (χ1n) is 23.0. The number of hydrogen-bond acceptors (Lipinski definition) is 15. The standard InChI is InChI=1S/C40H80NO19P3/c1-2-3-4-5-6-7-8-9-13-16-19-22-25-28-34(43)57-32(30-55-33(42)27-24-21-18-15-12-10-11-14-17-20-23-26-29-41)31-56-63(53,54)60-38-35(44)36(45)39(58-61(47,48)49)40(37(38)46)59-62(50,51)52/h32,35-40,44-46H,2-31,41H2,1H3,(H,53,54)(H2,47,48,49)(H2,50,51,52)/t32-,35?,36+,37-,38?,39?,40-/m1/s1.